The minimum absolute atomic E-state index is 0.0160. The molecule has 0 aliphatic carbocycles. The summed E-state index contributed by atoms with van der Waals surface area (Å²) in [6.07, 6.45) is 2.40. The first-order valence-corrected chi connectivity index (χ1v) is 14.5. The Balaban J connectivity index is 1.86. The van der Waals surface area contributed by atoms with Crippen molar-refractivity contribution in [3.8, 4) is 16.9 Å². The smallest absolute Gasteiger partial charge is 0.350 e. The lowest BCUT2D eigenvalue weighted by atomic mass is 10.1. The molecule has 2 N–H and O–H groups in total. The van der Waals surface area contributed by atoms with Gasteiger partial charge in [0.25, 0.3) is 10.0 Å². The molecule has 1 aliphatic heterocycles. The molecule has 1 amide bonds. The number of piperazine rings is 1. The first-order chi connectivity index (χ1) is 19.8. The molecule has 1 aromatic carbocycles. The topological polar surface area (TPSA) is 144 Å². The number of sulfonamides is 1. The molecule has 218 valence electrons. The first kappa shape index (κ1) is 29.2. The maximum absolute atomic E-state index is 15.8. The number of rotatable bonds is 5. The van der Waals surface area contributed by atoms with Gasteiger partial charge in [-0.2, -0.15) is 4.98 Å². The van der Waals surface area contributed by atoms with Crippen LogP contribution in [-0.4, -0.2) is 64.4 Å². The van der Waals surface area contributed by atoms with Crippen LogP contribution in [0.4, 0.5) is 14.6 Å². The Morgan fingerprint density at radius 3 is 2.57 bits per heavy atom. The van der Waals surface area contributed by atoms with Crippen LogP contribution in [0.3, 0.4) is 0 Å². The average molecular weight is 616 g/mol. The summed E-state index contributed by atoms with van der Waals surface area (Å²) in [6, 6.07) is 5.88. The number of primary sulfonamides is 1. The van der Waals surface area contributed by atoms with Gasteiger partial charge in [0, 0.05) is 31.9 Å². The van der Waals surface area contributed by atoms with Crippen LogP contribution >= 0.6 is 11.6 Å². The predicted octanol–water partition coefficient (Wildman–Crippen LogP) is 2.95. The third-order valence-corrected chi connectivity index (χ3v) is 8.13. The Morgan fingerprint density at radius 1 is 1.19 bits per heavy atom. The van der Waals surface area contributed by atoms with Gasteiger partial charge in [0.15, 0.2) is 16.5 Å². The zero-order valence-electron chi connectivity index (χ0n) is 22.4. The maximum atomic E-state index is 15.8. The zero-order chi connectivity index (χ0) is 30.5. The highest BCUT2D eigenvalue weighted by molar-refractivity contribution is 7.89. The van der Waals surface area contributed by atoms with Crippen LogP contribution < -0.4 is 15.7 Å². The molecule has 5 rings (SSSR count). The molecular weight excluding hydrogens is 592 g/mol. The van der Waals surface area contributed by atoms with Crippen molar-refractivity contribution in [3.63, 3.8) is 0 Å². The Bertz CT molecular complexity index is 1930. The molecule has 1 aliphatic rings. The van der Waals surface area contributed by atoms with Crippen LogP contribution in [0.2, 0.25) is 5.02 Å². The van der Waals surface area contributed by atoms with Gasteiger partial charge in [-0.05, 0) is 49.8 Å². The third kappa shape index (κ3) is 5.01. The summed E-state index contributed by atoms with van der Waals surface area (Å²) in [7, 11) is -4.47. The van der Waals surface area contributed by atoms with Crippen LogP contribution in [0.5, 0.6) is 0 Å². The number of fused-ring (bicyclic) bond motifs is 1. The highest BCUT2D eigenvalue weighted by Gasteiger charge is 2.31. The van der Waals surface area contributed by atoms with Gasteiger partial charge in [0.05, 0.1) is 21.7 Å². The molecule has 4 heterocycles. The Hall–Kier alpha value is -4.27. The van der Waals surface area contributed by atoms with Crippen molar-refractivity contribution in [2.75, 3.05) is 24.5 Å². The number of pyridine rings is 2. The number of benzene rings is 1. The van der Waals surface area contributed by atoms with Crippen molar-refractivity contribution in [1.29, 1.82) is 0 Å². The number of nitrogens with zero attached hydrogens (tertiary/aromatic N) is 6. The lowest BCUT2D eigenvalue weighted by Gasteiger charge is -2.40. The second-order valence-corrected chi connectivity index (χ2v) is 11.6. The Morgan fingerprint density at radius 2 is 1.93 bits per heavy atom. The Kier molecular flexibility index (Phi) is 7.55. The van der Waals surface area contributed by atoms with Gasteiger partial charge in [-0.1, -0.05) is 24.2 Å². The molecule has 0 unspecified atom stereocenters. The lowest BCUT2D eigenvalue weighted by Crippen LogP contribution is -2.54. The fraction of sp³-hybridized carbons (Fsp3) is 0.222. The van der Waals surface area contributed by atoms with E-state index < -0.39 is 38.1 Å². The average Bonchev–Trinajstić information content (AvgIpc) is 2.92. The number of carbonyl (C=O) groups excluding carboxylic acids is 1. The van der Waals surface area contributed by atoms with Crippen molar-refractivity contribution in [2.24, 2.45) is 5.14 Å². The molecule has 4 aromatic rings. The van der Waals surface area contributed by atoms with Gasteiger partial charge < -0.3 is 9.80 Å². The quantitative estimate of drug-likeness (QED) is 0.338. The van der Waals surface area contributed by atoms with E-state index in [1.165, 1.54) is 37.4 Å². The van der Waals surface area contributed by atoms with Crippen LogP contribution in [0.1, 0.15) is 12.5 Å². The standard InChI is InChI=1S/C27H24ClF2N7O4S/c1-4-20(38)35-10-11-36(15(3)13-35)24-16-12-19(30)22(21-17(28)6-5-7-18(21)29)33-25(16)37(27(39)34-24)23-14(2)8-9-32-26(23)42(31,40)41/h4-9,12,15H,1,10-11,13H2,2-3H3,(H2,31,40,41)/t15-/m0/s1. The van der Waals surface area contributed by atoms with E-state index in [0.29, 0.717) is 0 Å². The fourth-order valence-electron chi connectivity index (χ4n) is 5.03. The SMILES string of the molecule is C=CC(=O)N1CCN(c2nc(=O)n(-c3c(C)ccnc3S(N)(=O)=O)c3nc(-c4c(F)cccc4Cl)c(F)cc23)[C@@H](C)C1. The number of anilines is 1. The van der Waals surface area contributed by atoms with Crippen LogP contribution in [-0.2, 0) is 14.8 Å². The normalized spacial score (nSPS) is 15.7. The zero-order valence-corrected chi connectivity index (χ0v) is 24.0. The van der Waals surface area contributed by atoms with Crippen LogP contribution in [0.25, 0.3) is 28.0 Å². The molecule has 3 aromatic heterocycles. The van der Waals surface area contributed by atoms with Gasteiger partial charge in [-0.25, -0.2) is 41.7 Å². The monoisotopic (exact) mass is 615 g/mol. The summed E-state index contributed by atoms with van der Waals surface area (Å²) in [5.74, 6) is -2.06. The molecule has 0 spiro atoms. The summed E-state index contributed by atoms with van der Waals surface area (Å²) < 4.78 is 56.6. The summed E-state index contributed by atoms with van der Waals surface area (Å²) in [6.45, 7) is 7.57. The van der Waals surface area contributed by atoms with Crippen molar-refractivity contribution >= 4 is 44.4 Å². The number of nitrogens with two attached hydrogens (primary N) is 1. The van der Waals surface area contributed by atoms with E-state index in [4.69, 9.17) is 16.7 Å². The number of aryl methyl sites for hydroxylation is 1. The molecule has 11 nitrogen and oxygen atoms in total. The first-order valence-electron chi connectivity index (χ1n) is 12.6. The van der Waals surface area contributed by atoms with Crippen LogP contribution in [0.15, 0.2) is 59.0 Å². The molecular formula is C27H24ClF2N7O4S. The number of amides is 1. The lowest BCUT2D eigenvalue weighted by molar-refractivity contribution is -0.126. The predicted molar refractivity (Wildman–Crippen MR) is 153 cm³/mol. The van der Waals surface area contributed by atoms with E-state index in [1.54, 1.807) is 16.7 Å². The number of halogens is 3. The highest BCUT2D eigenvalue weighted by atomic mass is 35.5. The second kappa shape index (κ2) is 10.9. The van der Waals surface area contributed by atoms with Gasteiger partial charge in [0.2, 0.25) is 5.91 Å². The summed E-state index contributed by atoms with van der Waals surface area (Å²) in [4.78, 5) is 41.7. The van der Waals surface area contributed by atoms with E-state index in [0.717, 1.165) is 16.7 Å². The van der Waals surface area contributed by atoms with Gasteiger partial charge >= 0.3 is 5.69 Å². The van der Waals surface area contributed by atoms with E-state index in [9.17, 15) is 22.4 Å². The minimum Gasteiger partial charge on any atom is -0.350 e. The van der Waals surface area contributed by atoms with E-state index in [1.807, 2.05) is 0 Å². The number of carbonyl (C=O) groups is 1. The number of hydrogen-bond acceptors (Lipinski definition) is 8. The summed E-state index contributed by atoms with van der Waals surface area (Å²) in [5.41, 5.74) is -2.04. The van der Waals surface area contributed by atoms with Gasteiger partial charge in [-0.3, -0.25) is 4.79 Å². The highest BCUT2D eigenvalue weighted by Crippen LogP contribution is 2.36. The molecule has 1 saturated heterocycles. The molecule has 0 radical (unpaired) electrons. The summed E-state index contributed by atoms with van der Waals surface area (Å²) in [5, 5.41) is 4.68. The third-order valence-electron chi connectivity index (χ3n) is 6.97. The van der Waals surface area contributed by atoms with E-state index in [2.05, 4.69) is 21.5 Å². The molecule has 42 heavy (non-hydrogen) atoms. The molecule has 1 atom stereocenters. The van der Waals surface area contributed by atoms with Crippen molar-refractivity contribution < 1.29 is 22.0 Å². The van der Waals surface area contributed by atoms with Crippen LogP contribution in [0, 0.1) is 18.6 Å². The maximum Gasteiger partial charge on any atom is 0.355 e. The minimum atomic E-state index is -4.47. The molecule has 0 saturated carbocycles. The molecule has 0 bridgehead atoms. The van der Waals surface area contributed by atoms with Crippen molar-refractivity contribution in [3.05, 3.63) is 81.9 Å². The molecule has 15 heteroatoms. The largest absolute Gasteiger partial charge is 0.355 e. The van der Waals surface area contributed by atoms with Gasteiger partial charge in [0.1, 0.15) is 17.3 Å². The van der Waals surface area contributed by atoms with E-state index >= 15 is 4.39 Å². The van der Waals surface area contributed by atoms with Gasteiger partial charge in [-0.15, -0.1) is 0 Å². The van der Waals surface area contributed by atoms with Crippen molar-refractivity contribution in [2.45, 2.75) is 24.9 Å². The second-order valence-electron chi connectivity index (χ2n) is 9.70. The summed E-state index contributed by atoms with van der Waals surface area (Å²) >= 11 is 6.23. The van der Waals surface area contributed by atoms with Crippen molar-refractivity contribution in [1.82, 2.24) is 24.4 Å². The number of aromatic nitrogens is 4. The van der Waals surface area contributed by atoms with E-state index in [-0.39, 0.29) is 70.3 Å². The fourth-order valence-corrected chi connectivity index (χ4v) is 6.01. The number of hydrogen-bond donors (Lipinski definition) is 1. The molecule has 1 fully saturated rings. The Labute approximate surface area is 243 Å².